The van der Waals surface area contributed by atoms with Crippen molar-refractivity contribution in [1.29, 1.82) is 0 Å². The van der Waals surface area contributed by atoms with Crippen LogP contribution in [0.5, 0.6) is 5.75 Å². The summed E-state index contributed by atoms with van der Waals surface area (Å²) < 4.78 is 6.34. The van der Waals surface area contributed by atoms with Crippen LogP contribution < -0.4 is 0 Å². The number of carbonyl (C=O) groups is 1. The lowest BCUT2D eigenvalue weighted by atomic mass is 9.83. The predicted octanol–water partition coefficient (Wildman–Crippen LogP) is 9.27. The molecule has 0 aromatic heterocycles. The summed E-state index contributed by atoms with van der Waals surface area (Å²) >= 11 is 14.2. The number of thioether (sulfide) groups is 1. The highest BCUT2D eigenvalue weighted by molar-refractivity contribution is 7.99. The third-order valence-corrected chi connectivity index (χ3v) is 8.97. The summed E-state index contributed by atoms with van der Waals surface area (Å²) in [6, 6.07) is 19.7. The van der Waals surface area contributed by atoms with Crippen LogP contribution in [0.15, 0.2) is 60.7 Å². The highest BCUT2D eigenvalue weighted by Crippen LogP contribution is 2.51. The molecule has 0 radical (unpaired) electrons. The van der Waals surface area contributed by atoms with E-state index in [2.05, 4.69) is 24.3 Å². The number of aromatic hydroxyl groups is 1. The highest BCUT2D eigenvalue weighted by atomic mass is 35.5. The molecule has 6 heteroatoms. The van der Waals surface area contributed by atoms with Gasteiger partial charge in [0.05, 0.1) is 12.7 Å². The fraction of sp³-hybridized carbons (Fsp3) is 0.387. The van der Waals surface area contributed by atoms with E-state index >= 15 is 0 Å². The standard InChI is InChI=1S/C31H34Cl2O3S/c1-19-15-22(16-26(30(19)35)31(2,3)4)27(34)13-14-36-25-17-28(20-5-9-23(32)10-6-20)37-29(18-25)21-7-11-24(33)12-8-21/h5-12,15-16,25,28-29,35H,13-14,17-18H2,1-4H3. The van der Waals surface area contributed by atoms with Gasteiger partial charge in [0.15, 0.2) is 5.78 Å². The predicted molar refractivity (Wildman–Crippen MR) is 155 cm³/mol. The molecule has 196 valence electrons. The lowest BCUT2D eigenvalue weighted by molar-refractivity contribution is 0.0358. The third-order valence-electron chi connectivity index (χ3n) is 6.88. The van der Waals surface area contributed by atoms with Crippen molar-refractivity contribution in [3.05, 3.63) is 98.5 Å². The second kappa shape index (κ2) is 11.8. The smallest absolute Gasteiger partial charge is 0.165 e. The number of phenols is 1. The van der Waals surface area contributed by atoms with Gasteiger partial charge in [0.2, 0.25) is 0 Å². The summed E-state index contributed by atoms with van der Waals surface area (Å²) in [6.07, 6.45) is 2.07. The molecule has 3 aromatic rings. The molecule has 4 rings (SSSR count). The van der Waals surface area contributed by atoms with Gasteiger partial charge < -0.3 is 9.84 Å². The maximum Gasteiger partial charge on any atom is 0.165 e. The summed E-state index contributed by atoms with van der Waals surface area (Å²) in [5.41, 5.74) is 4.34. The summed E-state index contributed by atoms with van der Waals surface area (Å²) in [5, 5.41) is 12.5. The van der Waals surface area contributed by atoms with Crippen LogP contribution >= 0.6 is 35.0 Å². The molecule has 37 heavy (non-hydrogen) atoms. The first kappa shape index (κ1) is 28.0. The van der Waals surface area contributed by atoms with E-state index in [0.29, 0.717) is 18.6 Å². The van der Waals surface area contributed by atoms with Gasteiger partial charge in [0.25, 0.3) is 0 Å². The average Bonchev–Trinajstić information content (AvgIpc) is 2.85. The molecule has 0 aliphatic carbocycles. The van der Waals surface area contributed by atoms with Gasteiger partial charge in [-0.2, -0.15) is 0 Å². The third kappa shape index (κ3) is 7.11. The molecule has 0 bridgehead atoms. The van der Waals surface area contributed by atoms with E-state index in [4.69, 9.17) is 27.9 Å². The van der Waals surface area contributed by atoms with Gasteiger partial charge in [-0.15, -0.1) is 11.8 Å². The molecule has 1 aliphatic rings. The van der Waals surface area contributed by atoms with E-state index in [1.54, 1.807) is 6.07 Å². The number of hydrogen-bond donors (Lipinski definition) is 1. The molecule has 2 atom stereocenters. The minimum Gasteiger partial charge on any atom is -0.507 e. The summed E-state index contributed by atoms with van der Waals surface area (Å²) in [5.74, 6) is 0.295. The first-order valence-electron chi connectivity index (χ1n) is 12.7. The van der Waals surface area contributed by atoms with Crippen LogP contribution in [0.3, 0.4) is 0 Å². The van der Waals surface area contributed by atoms with Gasteiger partial charge in [0.1, 0.15) is 5.75 Å². The Bertz CT molecular complexity index is 1180. The second-order valence-electron chi connectivity index (χ2n) is 10.8. The van der Waals surface area contributed by atoms with Crippen molar-refractivity contribution in [3.63, 3.8) is 0 Å². The number of halogens is 2. The minimum absolute atomic E-state index is 0.0297. The maximum atomic E-state index is 13.1. The van der Waals surface area contributed by atoms with Gasteiger partial charge in [-0.05, 0) is 78.3 Å². The summed E-state index contributed by atoms with van der Waals surface area (Å²) in [4.78, 5) is 13.1. The van der Waals surface area contributed by atoms with Crippen molar-refractivity contribution in [1.82, 2.24) is 0 Å². The van der Waals surface area contributed by atoms with Crippen LogP contribution in [0.25, 0.3) is 0 Å². The molecule has 0 spiro atoms. The molecule has 1 fully saturated rings. The number of aryl methyl sites for hydroxylation is 1. The number of ether oxygens (including phenoxy) is 1. The molecular weight excluding hydrogens is 523 g/mol. The molecule has 1 N–H and O–H groups in total. The van der Waals surface area contributed by atoms with E-state index in [1.807, 2.05) is 69.8 Å². The van der Waals surface area contributed by atoms with Crippen LogP contribution in [0, 0.1) is 6.92 Å². The molecule has 0 amide bonds. The van der Waals surface area contributed by atoms with Crippen LogP contribution in [0.1, 0.15) is 83.1 Å². The molecular formula is C31H34Cl2O3S. The lowest BCUT2D eigenvalue weighted by Gasteiger charge is -2.35. The number of carbonyl (C=O) groups excluding carboxylic acids is 1. The fourth-order valence-electron chi connectivity index (χ4n) is 4.78. The molecule has 3 nitrogen and oxygen atoms in total. The molecule has 1 heterocycles. The topological polar surface area (TPSA) is 46.5 Å². The van der Waals surface area contributed by atoms with Gasteiger partial charge >= 0.3 is 0 Å². The van der Waals surface area contributed by atoms with Crippen LogP contribution in [-0.2, 0) is 10.2 Å². The molecule has 1 aliphatic heterocycles. The monoisotopic (exact) mass is 556 g/mol. The van der Waals surface area contributed by atoms with Crippen LogP contribution in [0.4, 0.5) is 0 Å². The maximum absolute atomic E-state index is 13.1. The zero-order valence-electron chi connectivity index (χ0n) is 21.8. The molecule has 1 saturated heterocycles. The highest BCUT2D eigenvalue weighted by Gasteiger charge is 2.32. The van der Waals surface area contributed by atoms with E-state index in [0.717, 1.165) is 34.0 Å². The molecule has 3 aromatic carbocycles. The van der Waals surface area contributed by atoms with E-state index < -0.39 is 0 Å². The van der Waals surface area contributed by atoms with Crippen molar-refractivity contribution >= 4 is 40.7 Å². The number of phenolic OH excluding ortho intramolecular Hbond substituents is 1. The van der Waals surface area contributed by atoms with Crippen molar-refractivity contribution < 1.29 is 14.6 Å². The average molecular weight is 558 g/mol. The number of Topliss-reactive ketones (excluding diaryl/α,β-unsaturated/α-hetero) is 1. The molecule has 2 unspecified atom stereocenters. The van der Waals surface area contributed by atoms with Crippen LogP contribution in [0.2, 0.25) is 10.0 Å². The van der Waals surface area contributed by atoms with Gasteiger partial charge in [-0.1, -0.05) is 68.2 Å². The van der Waals surface area contributed by atoms with Gasteiger partial charge in [0, 0.05) is 38.1 Å². The Morgan fingerprint density at radius 1 is 0.946 bits per heavy atom. The minimum atomic E-state index is -0.255. The summed E-state index contributed by atoms with van der Waals surface area (Å²) in [6.45, 7) is 8.31. The van der Waals surface area contributed by atoms with Gasteiger partial charge in [-0.25, -0.2) is 0 Å². The van der Waals surface area contributed by atoms with E-state index in [-0.39, 0.29) is 33.6 Å². The largest absolute Gasteiger partial charge is 0.507 e. The summed E-state index contributed by atoms with van der Waals surface area (Å²) in [7, 11) is 0. The Hall–Kier alpha value is -1.98. The second-order valence-corrected chi connectivity index (χ2v) is 13.1. The number of hydrogen-bond acceptors (Lipinski definition) is 4. The number of benzene rings is 3. The van der Waals surface area contributed by atoms with Crippen molar-refractivity contribution in [2.24, 2.45) is 0 Å². The van der Waals surface area contributed by atoms with E-state index in [9.17, 15) is 9.90 Å². The van der Waals surface area contributed by atoms with Crippen molar-refractivity contribution in [2.45, 2.75) is 69.0 Å². The van der Waals surface area contributed by atoms with Crippen molar-refractivity contribution in [3.8, 4) is 5.75 Å². The lowest BCUT2D eigenvalue weighted by Crippen LogP contribution is -2.25. The van der Waals surface area contributed by atoms with Crippen LogP contribution in [-0.4, -0.2) is 23.6 Å². The normalized spacial score (nSPS) is 20.1. The molecule has 0 saturated carbocycles. The van der Waals surface area contributed by atoms with E-state index in [1.165, 1.54) is 11.1 Å². The SMILES string of the molecule is Cc1cc(C(=O)CCOC2CC(c3ccc(Cl)cc3)SC(c3ccc(Cl)cc3)C2)cc(C(C)(C)C)c1O. The Kier molecular flexibility index (Phi) is 8.96. The fourth-order valence-corrected chi connectivity index (χ4v) is 6.71. The Balaban J connectivity index is 1.46. The van der Waals surface area contributed by atoms with Gasteiger partial charge in [-0.3, -0.25) is 4.79 Å². The first-order chi connectivity index (χ1) is 17.5. The quantitative estimate of drug-likeness (QED) is 0.294. The zero-order valence-corrected chi connectivity index (χ0v) is 24.1. The Labute approximate surface area is 234 Å². The first-order valence-corrected chi connectivity index (χ1v) is 14.4. The Morgan fingerprint density at radius 3 is 1.95 bits per heavy atom. The zero-order chi connectivity index (χ0) is 26.7. The number of ketones is 1. The Morgan fingerprint density at radius 2 is 1.46 bits per heavy atom. The number of rotatable bonds is 7. The van der Waals surface area contributed by atoms with Crippen molar-refractivity contribution in [2.75, 3.05) is 6.61 Å².